The highest BCUT2D eigenvalue weighted by Crippen LogP contribution is 2.23. The number of nitrogens with zero attached hydrogens (tertiary/aromatic N) is 5. The summed E-state index contributed by atoms with van der Waals surface area (Å²) in [6.45, 7) is 4.29. The average Bonchev–Trinajstić information content (AvgIpc) is 2.95. The van der Waals surface area contributed by atoms with Crippen molar-refractivity contribution in [2.75, 3.05) is 31.2 Å². The third-order valence-electron chi connectivity index (χ3n) is 5.05. The van der Waals surface area contributed by atoms with Gasteiger partial charge in [0.05, 0.1) is 18.8 Å². The van der Waals surface area contributed by atoms with Crippen molar-refractivity contribution in [1.82, 2.24) is 14.8 Å². The highest BCUT2D eigenvalue weighted by molar-refractivity contribution is 5.87. The highest BCUT2D eigenvalue weighted by atomic mass is 16.5. The molecule has 0 unspecified atom stereocenters. The van der Waals surface area contributed by atoms with Crippen molar-refractivity contribution in [3.8, 4) is 6.07 Å². The molecule has 26 heavy (non-hydrogen) atoms. The topological polar surface area (TPSA) is 67.0 Å². The second kappa shape index (κ2) is 7.71. The van der Waals surface area contributed by atoms with Crippen LogP contribution in [0.5, 0.6) is 0 Å². The summed E-state index contributed by atoms with van der Waals surface area (Å²) in [4.78, 5) is 2.32. The third kappa shape index (κ3) is 3.49. The van der Waals surface area contributed by atoms with Crippen LogP contribution in [0.3, 0.4) is 0 Å². The monoisotopic (exact) mass is 349 g/mol. The smallest absolute Gasteiger partial charge is 0.174 e. The Hall–Kier alpha value is -2.65. The van der Waals surface area contributed by atoms with Crippen LogP contribution >= 0.6 is 0 Å². The average molecular weight is 349 g/mol. The van der Waals surface area contributed by atoms with E-state index in [1.54, 1.807) is 0 Å². The number of morpholine rings is 1. The zero-order valence-corrected chi connectivity index (χ0v) is 14.9. The summed E-state index contributed by atoms with van der Waals surface area (Å²) in [5, 5.41) is 18.3. The molecule has 3 heterocycles. The number of ether oxygens (including phenoxy) is 1. The van der Waals surface area contributed by atoms with E-state index >= 15 is 0 Å². The van der Waals surface area contributed by atoms with Gasteiger partial charge in [-0.1, -0.05) is 18.6 Å². The van der Waals surface area contributed by atoms with E-state index in [1.165, 1.54) is 12.1 Å². The molecule has 6 heteroatoms. The number of hydrogen-bond acceptors (Lipinski definition) is 5. The lowest BCUT2D eigenvalue weighted by molar-refractivity contribution is 0.122. The minimum absolute atomic E-state index is 0.574. The number of anilines is 1. The first-order valence-electron chi connectivity index (χ1n) is 9.32. The number of hydrogen-bond donors (Lipinski definition) is 0. The van der Waals surface area contributed by atoms with Gasteiger partial charge in [0.25, 0.3) is 0 Å². The number of rotatable bonds is 3. The number of fused-ring (bicyclic) bond motifs is 1. The Morgan fingerprint density at radius 2 is 1.85 bits per heavy atom. The van der Waals surface area contributed by atoms with E-state index in [9.17, 15) is 5.26 Å². The van der Waals surface area contributed by atoms with Gasteiger partial charge in [-0.3, -0.25) is 0 Å². The van der Waals surface area contributed by atoms with Gasteiger partial charge in [-0.15, -0.1) is 10.2 Å². The van der Waals surface area contributed by atoms with Crippen LogP contribution in [0.15, 0.2) is 24.3 Å². The molecule has 0 N–H and O–H groups in total. The molecule has 0 aliphatic carbocycles. The first-order valence-corrected chi connectivity index (χ1v) is 9.32. The minimum atomic E-state index is 0.574. The molecule has 6 nitrogen and oxygen atoms in total. The van der Waals surface area contributed by atoms with Gasteiger partial charge >= 0.3 is 0 Å². The molecule has 4 rings (SSSR count). The lowest BCUT2D eigenvalue weighted by atomic mass is 10.1. The van der Waals surface area contributed by atoms with Crippen molar-refractivity contribution < 1.29 is 4.74 Å². The number of aryl methyl sites for hydroxylation is 1. The van der Waals surface area contributed by atoms with Gasteiger partial charge in [0.15, 0.2) is 5.82 Å². The lowest BCUT2D eigenvalue weighted by Crippen LogP contribution is -2.36. The molecule has 0 saturated carbocycles. The first-order chi connectivity index (χ1) is 12.8. The molecule has 1 fully saturated rings. The van der Waals surface area contributed by atoms with E-state index < -0.39 is 0 Å². The molecular weight excluding hydrogens is 326 g/mol. The molecule has 0 amide bonds. The van der Waals surface area contributed by atoms with Crippen molar-refractivity contribution in [3.05, 3.63) is 41.5 Å². The maximum absolute atomic E-state index is 9.67. The lowest BCUT2D eigenvalue weighted by Gasteiger charge is -2.28. The largest absolute Gasteiger partial charge is 0.378 e. The number of allylic oxidation sites excluding steroid dienone is 1. The van der Waals surface area contributed by atoms with Crippen LogP contribution in [-0.4, -0.2) is 41.1 Å². The molecule has 134 valence electrons. The first kappa shape index (κ1) is 16.8. The van der Waals surface area contributed by atoms with Gasteiger partial charge in [-0.2, -0.15) is 5.26 Å². The molecule has 0 spiro atoms. The summed E-state index contributed by atoms with van der Waals surface area (Å²) in [6, 6.07) is 10.6. The van der Waals surface area contributed by atoms with Crippen LogP contribution in [0.1, 0.15) is 36.5 Å². The fourth-order valence-corrected chi connectivity index (χ4v) is 3.60. The van der Waals surface area contributed by atoms with Crippen LogP contribution in [-0.2, 0) is 17.7 Å². The summed E-state index contributed by atoms with van der Waals surface area (Å²) < 4.78 is 7.52. The predicted octanol–water partition coefficient (Wildman–Crippen LogP) is 2.91. The van der Waals surface area contributed by atoms with Crippen molar-refractivity contribution in [2.45, 2.75) is 32.2 Å². The van der Waals surface area contributed by atoms with Crippen LogP contribution < -0.4 is 4.90 Å². The van der Waals surface area contributed by atoms with Gasteiger partial charge in [-0.25, -0.2) is 0 Å². The van der Waals surface area contributed by atoms with E-state index in [1.807, 2.05) is 6.08 Å². The summed E-state index contributed by atoms with van der Waals surface area (Å²) >= 11 is 0. The van der Waals surface area contributed by atoms with Gasteiger partial charge in [0.1, 0.15) is 11.9 Å². The summed E-state index contributed by atoms with van der Waals surface area (Å²) in [5.74, 6) is 1.70. The van der Waals surface area contributed by atoms with Crippen LogP contribution in [0.25, 0.3) is 11.6 Å². The van der Waals surface area contributed by atoms with Crippen LogP contribution in [0, 0.1) is 11.3 Å². The van der Waals surface area contributed by atoms with Crippen molar-refractivity contribution in [3.63, 3.8) is 0 Å². The van der Waals surface area contributed by atoms with E-state index in [4.69, 9.17) is 4.74 Å². The Balaban J connectivity index is 1.58. The normalized spacial score (nSPS) is 18.1. The number of benzene rings is 1. The molecular formula is C20H23N5O. The minimum Gasteiger partial charge on any atom is -0.378 e. The molecule has 2 aromatic rings. The quantitative estimate of drug-likeness (QED) is 0.797. The maximum Gasteiger partial charge on any atom is 0.174 e. The SMILES string of the molecule is N#CC(=Cc1ccc(N2CCOCC2)cc1)c1nnc2n1CCCCC2. The standard InChI is InChI=1S/C20H23N5O/c21-15-17(20-23-22-19-4-2-1-3-9-25(19)20)14-16-5-7-18(8-6-16)24-10-12-26-13-11-24/h5-8,14H,1-4,9-13H2. The molecule has 1 aromatic carbocycles. The van der Waals surface area contributed by atoms with Gasteiger partial charge < -0.3 is 14.2 Å². The molecule has 0 atom stereocenters. The Labute approximate surface area is 153 Å². The second-order valence-electron chi connectivity index (χ2n) is 6.76. The van der Waals surface area contributed by atoms with E-state index in [-0.39, 0.29) is 0 Å². The number of nitriles is 1. The zero-order valence-electron chi connectivity index (χ0n) is 14.9. The maximum atomic E-state index is 9.67. The molecule has 0 radical (unpaired) electrons. The van der Waals surface area contributed by atoms with Gasteiger partial charge in [-0.05, 0) is 36.6 Å². The molecule has 1 aromatic heterocycles. The fourth-order valence-electron chi connectivity index (χ4n) is 3.60. The molecule has 1 saturated heterocycles. The van der Waals surface area contributed by atoms with Crippen molar-refractivity contribution >= 4 is 17.3 Å². The Morgan fingerprint density at radius 1 is 1.04 bits per heavy atom. The second-order valence-corrected chi connectivity index (χ2v) is 6.76. The molecule has 0 bridgehead atoms. The molecule has 2 aliphatic rings. The summed E-state index contributed by atoms with van der Waals surface area (Å²) in [7, 11) is 0. The third-order valence-corrected chi connectivity index (χ3v) is 5.05. The van der Waals surface area contributed by atoms with Crippen molar-refractivity contribution in [1.29, 1.82) is 5.26 Å². The highest BCUT2D eigenvalue weighted by Gasteiger charge is 2.17. The van der Waals surface area contributed by atoms with Gasteiger partial charge in [0.2, 0.25) is 0 Å². The van der Waals surface area contributed by atoms with E-state index in [0.717, 1.165) is 63.5 Å². The Morgan fingerprint density at radius 3 is 2.62 bits per heavy atom. The number of aromatic nitrogens is 3. The zero-order chi connectivity index (χ0) is 17.8. The summed E-state index contributed by atoms with van der Waals surface area (Å²) in [6.07, 6.45) is 6.32. The van der Waals surface area contributed by atoms with Crippen molar-refractivity contribution in [2.24, 2.45) is 0 Å². The van der Waals surface area contributed by atoms with Gasteiger partial charge in [0, 0.05) is 31.7 Å². The van der Waals surface area contributed by atoms with E-state index in [2.05, 4.69) is 50.0 Å². The molecule has 2 aliphatic heterocycles. The predicted molar refractivity (Wildman–Crippen MR) is 101 cm³/mol. The fraction of sp³-hybridized carbons (Fsp3) is 0.450. The Kier molecular flexibility index (Phi) is 4.98. The summed E-state index contributed by atoms with van der Waals surface area (Å²) in [5.41, 5.74) is 2.77. The van der Waals surface area contributed by atoms with E-state index in [0.29, 0.717) is 11.4 Å². The van der Waals surface area contributed by atoms with Crippen LogP contribution in [0.2, 0.25) is 0 Å². The Bertz CT molecular complexity index is 825. The van der Waals surface area contributed by atoms with Crippen LogP contribution in [0.4, 0.5) is 5.69 Å².